The molecule has 0 spiro atoms. The molecule has 0 saturated carbocycles. The fourth-order valence-electron chi connectivity index (χ4n) is 2.14. The summed E-state index contributed by atoms with van der Waals surface area (Å²) in [6.45, 7) is 0.867. The standard InChI is InChI=1S/C19H20Cl2N2O4/c1-26-14-3-5-15(6-4-14)27-11-8-18(24)22-9-10-23-19(25)13-2-7-16(20)17(21)12-13/h2-7,12H,8-11H2,1H3,(H,22,24)(H,23,25). The lowest BCUT2D eigenvalue weighted by Crippen LogP contribution is -2.35. The van der Waals surface area contributed by atoms with E-state index in [1.807, 2.05) is 0 Å². The average molecular weight is 411 g/mol. The Kier molecular flexibility index (Phi) is 8.23. The monoisotopic (exact) mass is 410 g/mol. The van der Waals surface area contributed by atoms with Crippen LogP contribution in [0.1, 0.15) is 16.8 Å². The molecule has 0 radical (unpaired) electrons. The van der Waals surface area contributed by atoms with Crippen LogP contribution in [0, 0.1) is 0 Å². The minimum absolute atomic E-state index is 0.160. The van der Waals surface area contributed by atoms with Crippen molar-refractivity contribution in [3.8, 4) is 11.5 Å². The van der Waals surface area contributed by atoms with E-state index in [0.717, 1.165) is 5.75 Å². The molecule has 0 heterocycles. The number of amides is 2. The number of rotatable bonds is 9. The van der Waals surface area contributed by atoms with Gasteiger partial charge in [0.05, 0.1) is 30.2 Å². The number of halogens is 2. The Morgan fingerprint density at radius 2 is 1.59 bits per heavy atom. The summed E-state index contributed by atoms with van der Waals surface area (Å²) in [6, 6.07) is 11.7. The quantitative estimate of drug-likeness (QED) is 0.621. The molecule has 0 saturated heterocycles. The minimum atomic E-state index is -0.286. The highest BCUT2D eigenvalue weighted by Gasteiger charge is 2.08. The fraction of sp³-hybridized carbons (Fsp3) is 0.263. The SMILES string of the molecule is COc1ccc(OCCC(=O)NCCNC(=O)c2ccc(Cl)c(Cl)c2)cc1. The Morgan fingerprint density at radius 3 is 2.26 bits per heavy atom. The van der Waals surface area contributed by atoms with E-state index < -0.39 is 0 Å². The lowest BCUT2D eigenvalue weighted by Gasteiger charge is -2.09. The van der Waals surface area contributed by atoms with Crippen molar-refractivity contribution in [1.29, 1.82) is 0 Å². The zero-order valence-electron chi connectivity index (χ0n) is 14.8. The molecule has 0 aliphatic rings. The number of hydrogen-bond donors (Lipinski definition) is 2. The third-order valence-electron chi connectivity index (χ3n) is 3.57. The van der Waals surface area contributed by atoms with Crippen molar-refractivity contribution in [2.75, 3.05) is 26.8 Å². The minimum Gasteiger partial charge on any atom is -0.497 e. The van der Waals surface area contributed by atoms with Crippen LogP contribution in [0.3, 0.4) is 0 Å². The molecule has 0 aliphatic carbocycles. The van der Waals surface area contributed by atoms with Crippen molar-refractivity contribution in [3.63, 3.8) is 0 Å². The van der Waals surface area contributed by atoms with E-state index in [9.17, 15) is 9.59 Å². The second-order valence-corrected chi connectivity index (χ2v) is 6.32. The molecule has 0 bridgehead atoms. The van der Waals surface area contributed by atoms with Crippen LogP contribution in [0.15, 0.2) is 42.5 Å². The lowest BCUT2D eigenvalue weighted by atomic mass is 10.2. The largest absolute Gasteiger partial charge is 0.497 e. The highest BCUT2D eigenvalue weighted by atomic mass is 35.5. The Labute approximate surface area is 167 Å². The third kappa shape index (κ3) is 7.00. The second kappa shape index (κ2) is 10.6. The summed E-state index contributed by atoms with van der Waals surface area (Å²) in [5.41, 5.74) is 0.406. The Bertz CT molecular complexity index is 782. The number of carbonyl (C=O) groups excluding carboxylic acids is 2. The molecule has 2 aromatic rings. The highest BCUT2D eigenvalue weighted by Crippen LogP contribution is 2.22. The summed E-state index contributed by atoms with van der Waals surface area (Å²) in [6.07, 6.45) is 0.215. The van der Waals surface area contributed by atoms with Gasteiger partial charge in [-0.1, -0.05) is 23.2 Å². The van der Waals surface area contributed by atoms with Crippen LogP contribution in [0.2, 0.25) is 10.0 Å². The van der Waals surface area contributed by atoms with Crippen LogP contribution in [0.25, 0.3) is 0 Å². The van der Waals surface area contributed by atoms with Crippen LogP contribution in [-0.4, -0.2) is 38.6 Å². The molecule has 27 heavy (non-hydrogen) atoms. The normalized spacial score (nSPS) is 10.2. The highest BCUT2D eigenvalue weighted by molar-refractivity contribution is 6.42. The number of nitrogens with one attached hydrogen (secondary N) is 2. The number of hydrogen-bond acceptors (Lipinski definition) is 4. The molecule has 8 heteroatoms. The molecule has 6 nitrogen and oxygen atoms in total. The molecule has 2 aromatic carbocycles. The van der Waals surface area contributed by atoms with E-state index in [1.165, 1.54) is 6.07 Å². The number of ether oxygens (including phenoxy) is 2. The van der Waals surface area contributed by atoms with E-state index in [1.54, 1.807) is 43.5 Å². The van der Waals surface area contributed by atoms with Gasteiger partial charge in [0.25, 0.3) is 5.91 Å². The van der Waals surface area contributed by atoms with Gasteiger partial charge >= 0.3 is 0 Å². The third-order valence-corrected chi connectivity index (χ3v) is 4.31. The summed E-state index contributed by atoms with van der Waals surface area (Å²) in [4.78, 5) is 23.7. The van der Waals surface area contributed by atoms with Crippen molar-refractivity contribution in [1.82, 2.24) is 10.6 Å². The topological polar surface area (TPSA) is 76.7 Å². The van der Waals surface area contributed by atoms with Crippen LogP contribution >= 0.6 is 23.2 Å². The van der Waals surface area contributed by atoms with Crippen molar-refractivity contribution in [2.45, 2.75) is 6.42 Å². The maximum atomic E-state index is 12.0. The van der Waals surface area contributed by atoms with Gasteiger partial charge in [-0.25, -0.2) is 0 Å². The molecule has 0 aliphatic heterocycles. The molecule has 0 fully saturated rings. The summed E-state index contributed by atoms with van der Waals surface area (Å²) in [7, 11) is 1.59. The molecule has 2 N–H and O–H groups in total. The Balaban J connectivity index is 1.61. The lowest BCUT2D eigenvalue weighted by molar-refractivity contribution is -0.121. The van der Waals surface area contributed by atoms with Gasteiger partial charge in [0.15, 0.2) is 0 Å². The maximum Gasteiger partial charge on any atom is 0.251 e. The zero-order chi connectivity index (χ0) is 19.6. The fourth-order valence-corrected chi connectivity index (χ4v) is 2.44. The molecule has 144 valence electrons. The summed E-state index contributed by atoms with van der Waals surface area (Å²) in [5.74, 6) is 0.957. The van der Waals surface area contributed by atoms with Crippen molar-refractivity contribution in [2.24, 2.45) is 0 Å². The van der Waals surface area contributed by atoms with Crippen LogP contribution < -0.4 is 20.1 Å². The van der Waals surface area contributed by atoms with E-state index in [0.29, 0.717) is 34.4 Å². The molecule has 2 amide bonds. The van der Waals surface area contributed by atoms with E-state index in [2.05, 4.69) is 10.6 Å². The first-order chi connectivity index (χ1) is 13.0. The summed E-state index contributed by atoms with van der Waals surface area (Å²) in [5, 5.41) is 6.11. The Morgan fingerprint density at radius 1 is 0.926 bits per heavy atom. The van der Waals surface area contributed by atoms with Crippen LogP contribution in [0.5, 0.6) is 11.5 Å². The van der Waals surface area contributed by atoms with Gasteiger partial charge in [0.2, 0.25) is 5.91 Å². The van der Waals surface area contributed by atoms with E-state index in [-0.39, 0.29) is 24.8 Å². The van der Waals surface area contributed by atoms with Crippen LogP contribution in [0.4, 0.5) is 0 Å². The van der Waals surface area contributed by atoms with Crippen molar-refractivity contribution >= 4 is 35.0 Å². The number of benzene rings is 2. The average Bonchev–Trinajstić information content (AvgIpc) is 2.67. The predicted octanol–water partition coefficient (Wildman–Crippen LogP) is 3.32. The van der Waals surface area contributed by atoms with Gasteiger partial charge in [-0.2, -0.15) is 0 Å². The van der Waals surface area contributed by atoms with E-state index in [4.69, 9.17) is 32.7 Å². The molecule has 0 unspecified atom stereocenters. The first-order valence-electron chi connectivity index (χ1n) is 8.26. The van der Waals surface area contributed by atoms with Gasteiger partial charge in [-0.15, -0.1) is 0 Å². The van der Waals surface area contributed by atoms with Gasteiger partial charge < -0.3 is 20.1 Å². The zero-order valence-corrected chi connectivity index (χ0v) is 16.3. The first-order valence-corrected chi connectivity index (χ1v) is 9.02. The van der Waals surface area contributed by atoms with Gasteiger partial charge in [-0.05, 0) is 42.5 Å². The van der Waals surface area contributed by atoms with Crippen molar-refractivity contribution in [3.05, 3.63) is 58.1 Å². The summed E-state index contributed by atoms with van der Waals surface area (Å²) < 4.78 is 10.6. The first kappa shape index (κ1) is 20.9. The number of carbonyl (C=O) groups is 2. The molecular weight excluding hydrogens is 391 g/mol. The molecule has 0 aromatic heterocycles. The van der Waals surface area contributed by atoms with Gasteiger partial charge in [0, 0.05) is 18.7 Å². The van der Waals surface area contributed by atoms with Crippen molar-refractivity contribution < 1.29 is 19.1 Å². The smallest absolute Gasteiger partial charge is 0.251 e. The van der Waals surface area contributed by atoms with Crippen LogP contribution in [-0.2, 0) is 4.79 Å². The van der Waals surface area contributed by atoms with Gasteiger partial charge in [-0.3, -0.25) is 9.59 Å². The Hall–Kier alpha value is -2.44. The molecule has 0 atom stereocenters. The number of methoxy groups -OCH3 is 1. The maximum absolute atomic E-state index is 12.0. The molecular formula is C19H20Cl2N2O4. The molecule has 2 rings (SSSR count). The van der Waals surface area contributed by atoms with Gasteiger partial charge in [0.1, 0.15) is 11.5 Å². The van der Waals surface area contributed by atoms with E-state index >= 15 is 0 Å². The summed E-state index contributed by atoms with van der Waals surface area (Å²) >= 11 is 11.7. The predicted molar refractivity (Wildman–Crippen MR) is 105 cm³/mol. The second-order valence-electron chi connectivity index (χ2n) is 5.51.